The van der Waals surface area contributed by atoms with Gasteiger partial charge in [0.2, 0.25) is 5.75 Å². The Morgan fingerprint density at radius 1 is 0.912 bits per heavy atom. The predicted octanol–water partition coefficient (Wildman–Crippen LogP) is 4.33. The maximum Gasteiger partial charge on any atom is 0.312 e. The number of hydrogen-bond donors (Lipinski definition) is 2. The van der Waals surface area contributed by atoms with Crippen molar-refractivity contribution in [1.82, 2.24) is 0 Å². The van der Waals surface area contributed by atoms with Crippen LogP contribution in [0.4, 0.5) is 0 Å². The lowest BCUT2D eigenvalue weighted by atomic mass is 9.84. The van der Waals surface area contributed by atoms with Gasteiger partial charge in [-0.3, -0.25) is 9.59 Å². The topological polar surface area (TPSA) is 115 Å². The monoisotopic (exact) mass is 460 g/mol. The normalized spacial score (nSPS) is 15.0. The SMILES string of the molecule is COc1ccc([C@@H]2CC(=O)Oc3c(O)c(O)c4c(=O)cc(-c5ccccc5)oc4c32)cc1OC. The van der Waals surface area contributed by atoms with Gasteiger partial charge in [-0.05, 0) is 17.7 Å². The Labute approximate surface area is 193 Å². The summed E-state index contributed by atoms with van der Waals surface area (Å²) in [6.45, 7) is 0. The van der Waals surface area contributed by atoms with Gasteiger partial charge in [-0.25, -0.2) is 0 Å². The van der Waals surface area contributed by atoms with Crippen LogP contribution in [0, 0.1) is 0 Å². The molecule has 0 saturated heterocycles. The average Bonchev–Trinajstić information content (AvgIpc) is 2.86. The molecule has 1 atom stereocenters. The summed E-state index contributed by atoms with van der Waals surface area (Å²) in [6.07, 6.45) is -0.0823. The van der Waals surface area contributed by atoms with E-state index in [4.69, 9.17) is 18.6 Å². The highest BCUT2D eigenvalue weighted by molar-refractivity contribution is 5.96. The molecule has 172 valence electrons. The summed E-state index contributed by atoms with van der Waals surface area (Å²) in [5, 5.41) is 21.1. The standard InChI is InChI=1S/C26H20O8/c1-31-17-9-8-14(10-19(17)32-2)15-11-20(28)34-26-21(15)25-22(23(29)24(26)30)16(27)12-18(33-25)13-6-4-3-5-7-13/h3-10,12,15,29-30H,11H2,1-2H3/t15-/m0/s1. The van der Waals surface area contributed by atoms with Crippen LogP contribution in [0.2, 0.25) is 0 Å². The van der Waals surface area contributed by atoms with E-state index in [1.54, 1.807) is 42.5 Å². The molecule has 4 aromatic rings. The van der Waals surface area contributed by atoms with E-state index in [9.17, 15) is 19.8 Å². The first kappa shape index (κ1) is 21.4. The first-order valence-corrected chi connectivity index (χ1v) is 10.5. The van der Waals surface area contributed by atoms with Crippen molar-refractivity contribution in [2.75, 3.05) is 14.2 Å². The van der Waals surface area contributed by atoms with Crippen LogP contribution in [-0.4, -0.2) is 30.4 Å². The van der Waals surface area contributed by atoms with Crippen molar-refractivity contribution in [3.05, 3.63) is 75.9 Å². The Bertz CT molecular complexity index is 1490. The van der Waals surface area contributed by atoms with E-state index >= 15 is 0 Å². The number of benzene rings is 3. The van der Waals surface area contributed by atoms with E-state index in [1.165, 1.54) is 20.3 Å². The predicted molar refractivity (Wildman–Crippen MR) is 123 cm³/mol. The molecule has 0 aliphatic carbocycles. The van der Waals surface area contributed by atoms with Crippen molar-refractivity contribution in [1.29, 1.82) is 0 Å². The van der Waals surface area contributed by atoms with Crippen molar-refractivity contribution < 1.29 is 33.6 Å². The van der Waals surface area contributed by atoms with Crippen molar-refractivity contribution in [2.45, 2.75) is 12.3 Å². The molecule has 3 aromatic carbocycles. The zero-order chi connectivity index (χ0) is 24.0. The van der Waals surface area contributed by atoms with Crippen LogP contribution >= 0.6 is 0 Å². The molecule has 0 amide bonds. The van der Waals surface area contributed by atoms with Crippen LogP contribution in [-0.2, 0) is 4.79 Å². The fourth-order valence-electron chi connectivity index (χ4n) is 4.31. The molecule has 1 aliphatic heterocycles. The van der Waals surface area contributed by atoms with Crippen LogP contribution in [0.5, 0.6) is 28.7 Å². The third-order valence-electron chi connectivity index (χ3n) is 5.92. The minimum Gasteiger partial charge on any atom is -0.504 e. The molecule has 8 nitrogen and oxygen atoms in total. The molecular formula is C26H20O8. The minimum absolute atomic E-state index is 0.0314. The second kappa shape index (κ2) is 8.15. The van der Waals surface area contributed by atoms with Crippen LogP contribution in [0.15, 0.2) is 63.8 Å². The lowest BCUT2D eigenvalue weighted by molar-refractivity contribution is -0.135. The van der Waals surface area contributed by atoms with E-state index in [1.807, 2.05) is 6.07 Å². The Morgan fingerprint density at radius 3 is 2.35 bits per heavy atom. The fraction of sp³-hybridized carbons (Fsp3) is 0.154. The molecule has 2 N–H and O–H groups in total. The third kappa shape index (κ3) is 3.31. The van der Waals surface area contributed by atoms with E-state index in [2.05, 4.69) is 0 Å². The lowest BCUT2D eigenvalue weighted by Crippen LogP contribution is -2.22. The summed E-state index contributed by atoms with van der Waals surface area (Å²) >= 11 is 0. The second-order valence-corrected chi connectivity index (χ2v) is 7.83. The molecule has 2 heterocycles. The van der Waals surface area contributed by atoms with Gasteiger partial charge in [0.25, 0.3) is 0 Å². The fourth-order valence-corrected chi connectivity index (χ4v) is 4.31. The van der Waals surface area contributed by atoms with Gasteiger partial charge in [-0.1, -0.05) is 36.4 Å². The Hall–Kier alpha value is -4.46. The van der Waals surface area contributed by atoms with Crippen LogP contribution in [0.1, 0.15) is 23.5 Å². The summed E-state index contributed by atoms with van der Waals surface area (Å²) in [5.74, 6) is -1.69. The first-order chi connectivity index (χ1) is 16.4. The average molecular weight is 460 g/mol. The largest absolute Gasteiger partial charge is 0.504 e. The molecule has 1 aliphatic rings. The van der Waals surface area contributed by atoms with E-state index < -0.39 is 28.8 Å². The highest BCUT2D eigenvalue weighted by Gasteiger charge is 2.37. The highest BCUT2D eigenvalue weighted by Crippen LogP contribution is 2.52. The maximum absolute atomic E-state index is 13.0. The Morgan fingerprint density at radius 2 is 1.65 bits per heavy atom. The van der Waals surface area contributed by atoms with E-state index in [0.717, 1.165) is 0 Å². The molecule has 0 spiro atoms. The molecule has 0 fully saturated rings. The van der Waals surface area contributed by atoms with E-state index in [-0.39, 0.29) is 34.5 Å². The van der Waals surface area contributed by atoms with Crippen molar-refractivity contribution in [2.24, 2.45) is 0 Å². The summed E-state index contributed by atoms with van der Waals surface area (Å²) in [5.41, 5.74) is 1.07. The molecule has 0 unspecified atom stereocenters. The third-order valence-corrected chi connectivity index (χ3v) is 5.92. The van der Waals surface area contributed by atoms with Crippen molar-refractivity contribution in [3.8, 4) is 40.1 Å². The van der Waals surface area contributed by atoms with Gasteiger partial charge < -0.3 is 28.8 Å². The molecule has 1 aromatic heterocycles. The number of ether oxygens (including phenoxy) is 3. The lowest BCUT2D eigenvalue weighted by Gasteiger charge is -2.27. The molecule has 5 rings (SSSR count). The number of esters is 1. The van der Waals surface area contributed by atoms with Crippen LogP contribution in [0.25, 0.3) is 22.3 Å². The van der Waals surface area contributed by atoms with Crippen LogP contribution in [0.3, 0.4) is 0 Å². The van der Waals surface area contributed by atoms with Gasteiger partial charge in [-0.2, -0.15) is 0 Å². The number of rotatable bonds is 4. The number of carbonyl (C=O) groups excluding carboxylic acids is 1. The number of hydrogen-bond acceptors (Lipinski definition) is 8. The Kier molecular flexibility index (Phi) is 5.13. The number of phenols is 2. The molecule has 34 heavy (non-hydrogen) atoms. The summed E-state index contributed by atoms with van der Waals surface area (Å²) in [6, 6.07) is 15.4. The number of methoxy groups -OCH3 is 2. The second-order valence-electron chi connectivity index (χ2n) is 7.83. The van der Waals surface area contributed by atoms with Gasteiger partial charge in [-0.15, -0.1) is 0 Å². The first-order valence-electron chi connectivity index (χ1n) is 10.5. The Balaban J connectivity index is 1.84. The van der Waals surface area contributed by atoms with Crippen molar-refractivity contribution >= 4 is 16.9 Å². The van der Waals surface area contributed by atoms with Crippen LogP contribution < -0.4 is 19.6 Å². The number of carbonyl (C=O) groups is 1. The number of aromatic hydroxyl groups is 2. The molecule has 0 bridgehead atoms. The quantitative estimate of drug-likeness (QED) is 0.263. The maximum atomic E-state index is 13.0. The van der Waals surface area contributed by atoms with Gasteiger partial charge >= 0.3 is 5.97 Å². The van der Waals surface area contributed by atoms with E-state index in [0.29, 0.717) is 22.6 Å². The molecule has 8 heteroatoms. The molecule has 0 saturated carbocycles. The zero-order valence-electron chi connectivity index (χ0n) is 18.3. The summed E-state index contributed by atoms with van der Waals surface area (Å²) in [7, 11) is 3.01. The zero-order valence-corrected chi connectivity index (χ0v) is 18.3. The molecule has 0 radical (unpaired) electrons. The number of phenolic OH excluding ortho intramolecular Hbond substituents is 2. The van der Waals surface area contributed by atoms with Gasteiger partial charge in [0.1, 0.15) is 16.7 Å². The molecular weight excluding hydrogens is 440 g/mol. The summed E-state index contributed by atoms with van der Waals surface area (Å²) < 4.78 is 22.2. The highest BCUT2D eigenvalue weighted by atomic mass is 16.5. The smallest absolute Gasteiger partial charge is 0.312 e. The minimum atomic E-state index is -0.706. The summed E-state index contributed by atoms with van der Waals surface area (Å²) in [4.78, 5) is 25.5. The van der Waals surface area contributed by atoms with Gasteiger partial charge in [0, 0.05) is 17.5 Å². The van der Waals surface area contributed by atoms with Gasteiger partial charge in [0.05, 0.1) is 26.2 Å². The van der Waals surface area contributed by atoms with Crippen molar-refractivity contribution in [3.63, 3.8) is 0 Å². The number of fused-ring (bicyclic) bond motifs is 3. The van der Waals surface area contributed by atoms with Gasteiger partial charge in [0.15, 0.2) is 28.4 Å².